The van der Waals surface area contributed by atoms with Gasteiger partial charge in [-0.05, 0) is 31.6 Å². The lowest BCUT2D eigenvalue weighted by Crippen LogP contribution is -2.10. The Kier molecular flexibility index (Phi) is 3.05. The molecule has 0 saturated heterocycles. The maximum atomic E-state index is 12.5. The molecular formula is C9H12FNO. The molecule has 66 valence electrons. The molecule has 0 spiro atoms. The molecule has 0 saturated carbocycles. The predicted molar refractivity (Wildman–Crippen MR) is 45.7 cm³/mol. The van der Waals surface area contributed by atoms with Gasteiger partial charge in [-0.3, -0.25) is 0 Å². The van der Waals surface area contributed by atoms with Crippen molar-refractivity contribution >= 4 is 0 Å². The predicted octanol–water partition coefficient (Wildman–Crippen LogP) is 1.29. The highest BCUT2D eigenvalue weighted by Crippen LogP contribution is 2.17. The molecule has 12 heavy (non-hydrogen) atoms. The summed E-state index contributed by atoms with van der Waals surface area (Å²) in [4.78, 5) is 0. The van der Waals surface area contributed by atoms with Crippen LogP contribution in [0.5, 0.6) is 5.75 Å². The fraction of sp³-hybridized carbons (Fsp3) is 0.333. The van der Waals surface area contributed by atoms with Gasteiger partial charge in [0.05, 0.1) is 0 Å². The van der Waals surface area contributed by atoms with Gasteiger partial charge in [0.2, 0.25) is 0 Å². The van der Waals surface area contributed by atoms with E-state index in [0.717, 1.165) is 18.2 Å². The third kappa shape index (κ3) is 2.20. The average Bonchev–Trinajstić information content (AvgIpc) is 2.03. The standard InChI is InChI=1S/C9H12FNO/c1-11-5-4-7-2-3-8(10)6-9(7)12/h2-3,6,11-12H,4-5H2,1H3. The molecule has 0 aliphatic heterocycles. The first-order chi connectivity index (χ1) is 5.74. The van der Waals surface area contributed by atoms with Crippen molar-refractivity contribution in [3.8, 4) is 5.75 Å². The Bertz CT molecular complexity index is 263. The Labute approximate surface area is 71.0 Å². The average molecular weight is 169 g/mol. The molecule has 1 rings (SSSR count). The molecule has 0 fully saturated rings. The van der Waals surface area contributed by atoms with Gasteiger partial charge in [0, 0.05) is 6.07 Å². The molecule has 0 bridgehead atoms. The maximum Gasteiger partial charge on any atom is 0.126 e. The van der Waals surface area contributed by atoms with Crippen LogP contribution < -0.4 is 5.32 Å². The summed E-state index contributed by atoms with van der Waals surface area (Å²) < 4.78 is 12.5. The smallest absolute Gasteiger partial charge is 0.126 e. The number of rotatable bonds is 3. The zero-order valence-corrected chi connectivity index (χ0v) is 6.97. The first-order valence-corrected chi connectivity index (χ1v) is 3.86. The lowest BCUT2D eigenvalue weighted by atomic mass is 10.1. The number of hydrogen-bond acceptors (Lipinski definition) is 2. The molecule has 0 radical (unpaired) electrons. The van der Waals surface area contributed by atoms with E-state index >= 15 is 0 Å². The van der Waals surface area contributed by atoms with Crippen LogP contribution in [0.4, 0.5) is 4.39 Å². The first kappa shape index (κ1) is 9.00. The van der Waals surface area contributed by atoms with Crippen LogP contribution in [0.3, 0.4) is 0 Å². The minimum Gasteiger partial charge on any atom is -0.508 e. The Morgan fingerprint density at radius 3 is 2.83 bits per heavy atom. The van der Waals surface area contributed by atoms with Crippen molar-refractivity contribution in [2.75, 3.05) is 13.6 Å². The van der Waals surface area contributed by atoms with Crippen molar-refractivity contribution in [3.63, 3.8) is 0 Å². The first-order valence-electron chi connectivity index (χ1n) is 3.86. The summed E-state index contributed by atoms with van der Waals surface area (Å²) in [6.07, 6.45) is 0.711. The lowest BCUT2D eigenvalue weighted by Gasteiger charge is -2.03. The number of phenolic OH excluding ortho intramolecular Hbond substituents is 1. The van der Waals surface area contributed by atoms with E-state index in [1.54, 1.807) is 6.07 Å². The minimum atomic E-state index is -0.402. The molecule has 0 atom stereocenters. The van der Waals surface area contributed by atoms with Crippen LogP contribution in [0.1, 0.15) is 5.56 Å². The summed E-state index contributed by atoms with van der Waals surface area (Å²) >= 11 is 0. The lowest BCUT2D eigenvalue weighted by molar-refractivity contribution is 0.461. The molecule has 0 heterocycles. The Balaban J connectivity index is 2.72. The van der Waals surface area contributed by atoms with E-state index in [0.29, 0.717) is 6.42 Å². The number of aromatic hydroxyl groups is 1. The number of phenols is 1. The van der Waals surface area contributed by atoms with E-state index in [9.17, 15) is 9.50 Å². The number of benzene rings is 1. The third-order valence-corrected chi connectivity index (χ3v) is 1.69. The van der Waals surface area contributed by atoms with Crippen LogP contribution in [0, 0.1) is 5.82 Å². The van der Waals surface area contributed by atoms with Gasteiger partial charge in [-0.25, -0.2) is 4.39 Å². The number of hydrogen-bond donors (Lipinski definition) is 2. The van der Waals surface area contributed by atoms with Crippen molar-refractivity contribution in [1.29, 1.82) is 0 Å². The molecule has 1 aromatic carbocycles. The molecule has 0 aromatic heterocycles. The fourth-order valence-corrected chi connectivity index (χ4v) is 1.01. The van der Waals surface area contributed by atoms with Crippen molar-refractivity contribution in [3.05, 3.63) is 29.6 Å². The summed E-state index contributed by atoms with van der Waals surface area (Å²) in [5.74, 6) is -0.369. The van der Waals surface area contributed by atoms with Gasteiger partial charge in [0.1, 0.15) is 11.6 Å². The summed E-state index contributed by atoms with van der Waals surface area (Å²) in [6.45, 7) is 0.777. The molecular weight excluding hydrogens is 157 g/mol. The molecule has 1 aromatic rings. The third-order valence-electron chi connectivity index (χ3n) is 1.69. The van der Waals surface area contributed by atoms with Gasteiger partial charge in [-0.2, -0.15) is 0 Å². The van der Waals surface area contributed by atoms with E-state index in [1.165, 1.54) is 6.07 Å². The second-order valence-corrected chi connectivity index (χ2v) is 2.63. The number of likely N-dealkylation sites (N-methyl/N-ethyl adjacent to an activating group) is 1. The minimum absolute atomic E-state index is 0.0326. The highest BCUT2D eigenvalue weighted by molar-refractivity contribution is 5.32. The van der Waals surface area contributed by atoms with E-state index in [1.807, 2.05) is 7.05 Å². The zero-order chi connectivity index (χ0) is 8.97. The van der Waals surface area contributed by atoms with Crippen molar-refractivity contribution < 1.29 is 9.50 Å². The molecule has 2 N–H and O–H groups in total. The Morgan fingerprint density at radius 2 is 2.25 bits per heavy atom. The van der Waals surface area contributed by atoms with Crippen LogP contribution in [0.2, 0.25) is 0 Å². The van der Waals surface area contributed by atoms with E-state index in [-0.39, 0.29) is 5.75 Å². The fourth-order valence-electron chi connectivity index (χ4n) is 1.01. The topological polar surface area (TPSA) is 32.3 Å². The van der Waals surface area contributed by atoms with Gasteiger partial charge < -0.3 is 10.4 Å². The van der Waals surface area contributed by atoms with E-state index < -0.39 is 5.82 Å². The van der Waals surface area contributed by atoms with Crippen molar-refractivity contribution in [2.24, 2.45) is 0 Å². The van der Waals surface area contributed by atoms with Gasteiger partial charge in [0.15, 0.2) is 0 Å². The molecule has 0 aliphatic rings. The van der Waals surface area contributed by atoms with E-state index in [2.05, 4.69) is 5.32 Å². The van der Waals surface area contributed by atoms with Crippen molar-refractivity contribution in [1.82, 2.24) is 5.32 Å². The summed E-state index contributed by atoms with van der Waals surface area (Å²) in [6, 6.07) is 4.08. The molecule has 2 nitrogen and oxygen atoms in total. The van der Waals surface area contributed by atoms with Crippen LogP contribution in [0.15, 0.2) is 18.2 Å². The maximum absolute atomic E-state index is 12.5. The second-order valence-electron chi connectivity index (χ2n) is 2.63. The van der Waals surface area contributed by atoms with E-state index in [4.69, 9.17) is 0 Å². The van der Waals surface area contributed by atoms with Crippen LogP contribution in [0.25, 0.3) is 0 Å². The van der Waals surface area contributed by atoms with Crippen molar-refractivity contribution in [2.45, 2.75) is 6.42 Å². The molecule has 0 amide bonds. The summed E-state index contributed by atoms with van der Waals surface area (Å²) in [7, 11) is 1.83. The second kappa shape index (κ2) is 4.07. The van der Waals surface area contributed by atoms with Gasteiger partial charge in [-0.15, -0.1) is 0 Å². The van der Waals surface area contributed by atoms with Crippen LogP contribution >= 0.6 is 0 Å². The van der Waals surface area contributed by atoms with Crippen LogP contribution in [-0.4, -0.2) is 18.7 Å². The largest absolute Gasteiger partial charge is 0.508 e. The number of nitrogens with one attached hydrogen (secondary N) is 1. The number of halogens is 1. The normalized spacial score (nSPS) is 10.2. The SMILES string of the molecule is CNCCc1ccc(F)cc1O. The monoisotopic (exact) mass is 169 g/mol. The van der Waals surface area contributed by atoms with Gasteiger partial charge in [0.25, 0.3) is 0 Å². The molecule has 0 aliphatic carbocycles. The van der Waals surface area contributed by atoms with Gasteiger partial charge >= 0.3 is 0 Å². The van der Waals surface area contributed by atoms with Crippen LogP contribution in [-0.2, 0) is 6.42 Å². The highest BCUT2D eigenvalue weighted by atomic mass is 19.1. The summed E-state index contributed by atoms with van der Waals surface area (Å²) in [5, 5.41) is 12.2. The highest BCUT2D eigenvalue weighted by Gasteiger charge is 2.00. The Hall–Kier alpha value is -1.09. The summed E-state index contributed by atoms with van der Waals surface area (Å²) in [5.41, 5.74) is 0.769. The quantitative estimate of drug-likeness (QED) is 0.714. The molecule has 3 heteroatoms. The zero-order valence-electron chi connectivity index (χ0n) is 6.97. The molecule has 0 unspecified atom stereocenters. The Morgan fingerprint density at radius 1 is 1.50 bits per heavy atom. The van der Waals surface area contributed by atoms with Gasteiger partial charge in [-0.1, -0.05) is 6.07 Å².